The van der Waals surface area contributed by atoms with Gasteiger partial charge in [-0.3, -0.25) is 0 Å². The van der Waals surface area contributed by atoms with Crippen molar-refractivity contribution in [1.29, 1.82) is 0 Å². The summed E-state index contributed by atoms with van der Waals surface area (Å²) in [5, 5.41) is 0. The van der Waals surface area contributed by atoms with Gasteiger partial charge in [0.25, 0.3) is 0 Å². The molecule has 1 aromatic heterocycles. The number of aromatic nitrogens is 1. The van der Waals surface area contributed by atoms with Gasteiger partial charge in [-0.15, -0.1) is 0 Å². The predicted octanol–water partition coefficient (Wildman–Crippen LogP) is 0.508. The molecule has 0 amide bonds. The Hall–Kier alpha value is -1.33. The van der Waals surface area contributed by atoms with Gasteiger partial charge in [0.15, 0.2) is 0 Å². The Kier molecular flexibility index (Phi) is 3.26. The summed E-state index contributed by atoms with van der Waals surface area (Å²) < 4.78 is 0. The Labute approximate surface area is 96.2 Å². The zero-order valence-corrected chi connectivity index (χ0v) is 9.85. The molecule has 1 saturated heterocycles. The molecule has 0 spiro atoms. The van der Waals surface area contributed by atoms with Gasteiger partial charge in [-0.05, 0) is 32.6 Å². The van der Waals surface area contributed by atoms with Crippen LogP contribution in [0.1, 0.15) is 6.42 Å². The van der Waals surface area contributed by atoms with E-state index in [4.69, 9.17) is 5.84 Å². The maximum atomic E-state index is 5.35. The van der Waals surface area contributed by atoms with Gasteiger partial charge in [0.05, 0.1) is 0 Å². The van der Waals surface area contributed by atoms with Crippen LogP contribution in [0.15, 0.2) is 18.2 Å². The third kappa shape index (κ3) is 2.25. The van der Waals surface area contributed by atoms with Crippen molar-refractivity contribution in [3.05, 3.63) is 18.2 Å². The van der Waals surface area contributed by atoms with Crippen LogP contribution in [0.25, 0.3) is 0 Å². The molecule has 5 heteroatoms. The maximum Gasteiger partial charge on any atom is 0.142 e. The number of hydrogen-bond donors (Lipinski definition) is 2. The van der Waals surface area contributed by atoms with E-state index in [-0.39, 0.29) is 0 Å². The molecule has 2 rings (SSSR count). The molecule has 0 saturated carbocycles. The average Bonchev–Trinajstić information content (AvgIpc) is 2.78. The molecule has 1 atom stereocenters. The van der Waals surface area contributed by atoms with Crippen molar-refractivity contribution in [3.8, 4) is 0 Å². The van der Waals surface area contributed by atoms with E-state index < -0.39 is 0 Å². The van der Waals surface area contributed by atoms with Gasteiger partial charge in [0.1, 0.15) is 11.6 Å². The topological polar surface area (TPSA) is 57.4 Å². The molecular formula is C11H19N5. The smallest absolute Gasteiger partial charge is 0.142 e. The fourth-order valence-electron chi connectivity index (χ4n) is 2.05. The number of rotatable bonds is 3. The van der Waals surface area contributed by atoms with E-state index >= 15 is 0 Å². The first-order valence-electron chi connectivity index (χ1n) is 5.56. The van der Waals surface area contributed by atoms with E-state index in [9.17, 15) is 0 Å². The van der Waals surface area contributed by atoms with Crippen LogP contribution in [-0.2, 0) is 0 Å². The van der Waals surface area contributed by atoms with Crippen LogP contribution in [0.2, 0.25) is 0 Å². The Morgan fingerprint density at radius 3 is 2.94 bits per heavy atom. The molecule has 1 unspecified atom stereocenters. The maximum absolute atomic E-state index is 5.35. The molecule has 1 aliphatic heterocycles. The molecule has 1 fully saturated rings. The summed E-state index contributed by atoms with van der Waals surface area (Å²) in [6.07, 6.45) is 1.19. The zero-order valence-electron chi connectivity index (χ0n) is 9.85. The van der Waals surface area contributed by atoms with E-state index in [1.54, 1.807) is 0 Å². The summed E-state index contributed by atoms with van der Waals surface area (Å²) in [6.45, 7) is 2.10. The lowest BCUT2D eigenvalue weighted by Crippen LogP contribution is -2.31. The van der Waals surface area contributed by atoms with E-state index in [1.807, 2.05) is 18.2 Å². The summed E-state index contributed by atoms with van der Waals surface area (Å²) in [7, 11) is 4.25. The molecular weight excluding hydrogens is 202 g/mol. The lowest BCUT2D eigenvalue weighted by Gasteiger charge is -2.21. The molecule has 0 aliphatic carbocycles. The van der Waals surface area contributed by atoms with Gasteiger partial charge in [-0.1, -0.05) is 6.07 Å². The van der Waals surface area contributed by atoms with Crippen molar-refractivity contribution < 1.29 is 0 Å². The minimum absolute atomic E-state index is 0.622. The lowest BCUT2D eigenvalue weighted by molar-refractivity contribution is 0.315. The fraction of sp³-hybridized carbons (Fsp3) is 0.545. The number of nitrogens with zero attached hydrogens (tertiary/aromatic N) is 3. The Morgan fingerprint density at radius 2 is 2.31 bits per heavy atom. The van der Waals surface area contributed by atoms with Crippen molar-refractivity contribution in [2.75, 3.05) is 37.5 Å². The number of pyridine rings is 1. The first kappa shape index (κ1) is 11.2. The van der Waals surface area contributed by atoms with Gasteiger partial charge >= 0.3 is 0 Å². The van der Waals surface area contributed by atoms with Gasteiger partial charge < -0.3 is 15.2 Å². The summed E-state index contributed by atoms with van der Waals surface area (Å²) >= 11 is 0. The largest absolute Gasteiger partial charge is 0.355 e. The van der Waals surface area contributed by atoms with Gasteiger partial charge in [-0.25, -0.2) is 10.8 Å². The first-order chi connectivity index (χ1) is 7.70. The Balaban J connectivity index is 2.08. The minimum Gasteiger partial charge on any atom is -0.355 e. The predicted molar refractivity (Wildman–Crippen MR) is 66.4 cm³/mol. The quantitative estimate of drug-likeness (QED) is 0.575. The Morgan fingerprint density at radius 1 is 1.50 bits per heavy atom. The van der Waals surface area contributed by atoms with Gasteiger partial charge in [0.2, 0.25) is 0 Å². The number of anilines is 2. The highest BCUT2D eigenvalue weighted by Gasteiger charge is 2.24. The fourth-order valence-corrected chi connectivity index (χ4v) is 2.05. The van der Waals surface area contributed by atoms with E-state index in [0.29, 0.717) is 11.9 Å². The van der Waals surface area contributed by atoms with Crippen LogP contribution < -0.4 is 16.2 Å². The van der Waals surface area contributed by atoms with Crippen LogP contribution in [0.4, 0.5) is 11.6 Å². The van der Waals surface area contributed by atoms with Gasteiger partial charge in [-0.2, -0.15) is 0 Å². The first-order valence-corrected chi connectivity index (χ1v) is 5.56. The summed E-state index contributed by atoms with van der Waals surface area (Å²) in [5.41, 5.74) is 2.58. The zero-order chi connectivity index (χ0) is 11.5. The third-order valence-corrected chi connectivity index (χ3v) is 3.10. The number of hydrogen-bond acceptors (Lipinski definition) is 5. The van der Waals surface area contributed by atoms with Crippen LogP contribution in [0.5, 0.6) is 0 Å². The number of nitrogens with one attached hydrogen (secondary N) is 1. The molecule has 0 radical (unpaired) electrons. The van der Waals surface area contributed by atoms with E-state index in [2.05, 4.69) is 34.3 Å². The second-order valence-corrected chi connectivity index (χ2v) is 4.38. The van der Waals surface area contributed by atoms with Gasteiger partial charge in [0, 0.05) is 19.1 Å². The van der Waals surface area contributed by atoms with Crippen LogP contribution in [-0.4, -0.2) is 43.1 Å². The molecule has 16 heavy (non-hydrogen) atoms. The molecule has 3 N–H and O–H groups in total. The number of nitrogens with two attached hydrogens (primary N) is 1. The van der Waals surface area contributed by atoms with Crippen LogP contribution in [0.3, 0.4) is 0 Å². The minimum atomic E-state index is 0.622. The molecule has 0 aromatic carbocycles. The highest BCUT2D eigenvalue weighted by molar-refractivity contribution is 5.47. The molecule has 5 nitrogen and oxygen atoms in total. The second-order valence-electron chi connectivity index (χ2n) is 4.38. The Bertz CT molecular complexity index is 352. The van der Waals surface area contributed by atoms with Crippen molar-refractivity contribution in [2.45, 2.75) is 12.5 Å². The highest BCUT2D eigenvalue weighted by atomic mass is 15.3. The number of nitrogen functional groups attached to an aromatic ring is 1. The monoisotopic (exact) mass is 221 g/mol. The molecule has 1 aromatic rings. The van der Waals surface area contributed by atoms with Crippen LogP contribution in [0, 0.1) is 0 Å². The van der Waals surface area contributed by atoms with E-state index in [0.717, 1.165) is 18.9 Å². The summed E-state index contributed by atoms with van der Waals surface area (Å²) in [6, 6.07) is 6.49. The number of hydrazine groups is 1. The van der Waals surface area contributed by atoms with Crippen molar-refractivity contribution in [3.63, 3.8) is 0 Å². The molecule has 2 heterocycles. The van der Waals surface area contributed by atoms with E-state index in [1.165, 1.54) is 6.42 Å². The molecule has 88 valence electrons. The average molecular weight is 221 g/mol. The molecule has 1 aliphatic rings. The lowest BCUT2D eigenvalue weighted by atomic mass is 10.2. The number of likely N-dealkylation sites (N-methyl/N-ethyl adjacent to an activating group) is 1. The van der Waals surface area contributed by atoms with Crippen LogP contribution >= 0.6 is 0 Å². The highest BCUT2D eigenvalue weighted by Crippen LogP contribution is 2.21. The second kappa shape index (κ2) is 4.67. The SMILES string of the molecule is CN(C)C1CCN(c2cccc(NN)n2)C1. The summed E-state index contributed by atoms with van der Waals surface area (Å²) in [5.74, 6) is 7.07. The normalized spacial score (nSPS) is 20.5. The standard InChI is InChI=1S/C11H19N5/c1-15(2)9-6-7-16(8-9)11-5-3-4-10(13-11)14-12/h3-5,9H,6-8,12H2,1-2H3,(H,13,14). The van der Waals surface area contributed by atoms with Crippen molar-refractivity contribution >= 4 is 11.6 Å². The molecule has 0 bridgehead atoms. The summed E-state index contributed by atoms with van der Waals surface area (Å²) in [4.78, 5) is 9.00. The van der Waals surface area contributed by atoms with Crippen molar-refractivity contribution in [1.82, 2.24) is 9.88 Å². The van der Waals surface area contributed by atoms with Crippen molar-refractivity contribution in [2.24, 2.45) is 5.84 Å². The third-order valence-electron chi connectivity index (χ3n) is 3.10.